The van der Waals surface area contributed by atoms with Crippen molar-refractivity contribution in [3.05, 3.63) is 69.6 Å². The van der Waals surface area contributed by atoms with Crippen molar-refractivity contribution in [3.63, 3.8) is 0 Å². The molecule has 1 saturated carbocycles. The predicted octanol–water partition coefficient (Wildman–Crippen LogP) is 7.59. The number of anilines is 1. The van der Waals surface area contributed by atoms with Crippen LogP contribution in [0.25, 0.3) is 11.8 Å². The lowest BCUT2D eigenvalue weighted by molar-refractivity contribution is -0.176. The van der Waals surface area contributed by atoms with Gasteiger partial charge in [0.1, 0.15) is 23.4 Å². The number of nitrogens with zero attached hydrogens (tertiary/aromatic N) is 3. The molecule has 3 N–H and O–H groups in total. The number of fused-ring (bicyclic) bond motifs is 6. The SMILES string of the molecule is COC(=O)/C(C)=C\CC12OC(C)(C)C(C)C13Oc1c(CC=C(C)C)c4c(c(OP(=O)(O)O)c1C1=C3C(C(C)C2=O)n2cnc(n2)N1)C=CC(C)(CCC=C(C)C)O4. The van der Waals surface area contributed by atoms with Gasteiger partial charge in [-0.1, -0.05) is 43.2 Å². The van der Waals surface area contributed by atoms with Gasteiger partial charge in [-0.05, 0) is 86.8 Å². The lowest BCUT2D eigenvalue weighted by atomic mass is 9.55. The number of aromatic nitrogens is 3. The van der Waals surface area contributed by atoms with E-state index in [4.69, 9.17) is 28.6 Å². The van der Waals surface area contributed by atoms with E-state index < -0.39 is 54.1 Å². The van der Waals surface area contributed by atoms with E-state index >= 15 is 4.79 Å². The third-order valence-corrected chi connectivity index (χ3v) is 12.7. The monoisotopic (exact) mass is 804 g/mol. The molecule has 14 nitrogen and oxygen atoms in total. The molecular weight excluding hydrogens is 751 g/mol. The summed E-state index contributed by atoms with van der Waals surface area (Å²) in [5.41, 5.74) is -0.459. The highest BCUT2D eigenvalue weighted by Gasteiger charge is 2.79. The van der Waals surface area contributed by atoms with Gasteiger partial charge in [0.15, 0.2) is 22.7 Å². The molecule has 5 aliphatic rings. The third-order valence-electron chi connectivity index (χ3n) is 12.2. The molecule has 15 heteroatoms. The first-order valence-corrected chi connectivity index (χ1v) is 20.9. The van der Waals surface area contributed by atoms with Gasteiger partial charge < -0.3 is 28.8 Å². The van der Waals surface area contributed by atoms with Gasteiger partial charge in [-0.15, -0.1) is 5.10 Å². The summed E-state index contributed by atoms with van der Waals surface area (Å²) in [6.07, 6.45) is 12.7. The molecule has 7 rings (SSSR count). The van der Waals surface area contributed by atoms with E-state index in [0.29, 0.717) is 46.6 Å². The van der Waals surface area contributed by atoms with Gasteiger partial charge in [0.25, 0.3) is 0 Å². The van der Waals surface area contributed by atoms with Gasteiger partial charge in [-0.25, -0.2) is 19.0 Å². The molecule has 306 valence electrons. The number of allylic oxidation sites excluding steroid dienone is 4. The number of hydrogen-bond donors (Lipinski definition) is 3. The minimum absolute atomic E-state index is 0.0483. The highest BCUT2D eigenvalue weighted by atomic mass is 31.2. The lowest BCUT2D eigenvalue weighted by Gasteiger charge is -2.56. The Kier molecular flexibility index (Phi) is 9.87. The van der Waals surface area contributed by atoms with Crippen LogP contribution in [0.15, 0.2) is 52.9 Å². The Morgan fingerprint density at radius 3 is 2.40 bits per heavy atom. The van der Waals surface area contributed by atoms with Crippen LogP contribution in [-0.4, -0.2) is 65.8 Å². The van der Waals surface area contributed by atoms with E-state index in [1.165, 1.54) is 12.7 Å². The Balaban J connectivity index is 1.62. The molecule has 1 spiro atoms. The van der Waals surface area contributed by atoms with Crippen molar-refractivity contribution >= 4 is 37.3 Å². The predicted molar refractivity (Wildman–Crippen MR) is 214 cm³/mol. The summed E-state index contributed by atoms with van der Waals surface area (Å²) < 4.78 is 47.0. The van der Waals surface area contributed by atoms with Gasteiger partial charge in [0.2, 0.25) is 5.95 Å². The van der Waals surface area contributed by atoms with Gasteiger partial charge >= 0.3 is 13.8 Å². The number of esters is 1. The normalized spacial score (nSPS) is 29.0. The number of nitrogens with one attached hydrogen (secondary N) is 1. The third kappa shape index (κ3) is 6.40. The fourth-order valence-electron chi connectivity index (χ4n) is 9.26. The molecule has 2 fully saturated rings. The number of phosphoric acid groups is 1. The van der Waals surface area contributed by atoms with Crippen LogP contribution >= 0.6 is 7.82 Å². The Bertz CT molecular complexity index is 2270. The van der Waals surface area contributed by atoms with Crippen LogP contribution in [0.1, 0.15) is 111 Å². The highest BCUT2D eigenvalue weighted by Crippen LogP contribution is 2.69. The van der Waals surface area contributed by atoms with Crippen molar-refractivity contribution in [1.82, 2.24) is 14.8 Å². The van der Waals surface area contributed by atoms with Gasteiger partial charge in [-0.2, -0.15) is 0 Å². The van der Waals surface area contributed by atoms with E-state index in [1.807, 2.05) is 67.5 Å². The zero-order valence-electron chi connectivity index (χ0n) is 34.5. The molecule has 0 amide bonds. The molecule has 0 radical (unpaired) electrons. The fourth-order valence-corrected chi connectivity index (χ4v) is 9.68. The number of phosphoric ester groups is 1. The number of Topliss-reactive ketones (excluding diaryl/α,β-unsaturated/α-hetero) is 1. The number of ether oxygens (including phenoxy) is 4. The van der Waals surface area contributed by atoms with Gasteiger partial charge in [0, 0.05) is 35.0 Å². The molecule has 6 atom stereocenters. The number of carbonyl (C=O) groups excluding carboxylic acids is 2. The van der Waals surface area contributed by atoms with Crippen molar-refractivity contribution in [1.29, 1.82) is 0 Å². The first kappa shape index (κ1) is 40.7. The second kappa shape index (κ2) is 13.8. The first-order valence-electron chi connectivity index (χ1n) is 19.3. The molecule has 4 aliphatic heterocycles. The van der Waals surface area contributed by atoms with Crippen LogP contribution in [0.2, 0.25) is 0 Å². The topological polar surface area (TPSA) is 181 Å². The summed E-state index contributed by atoms with van der Waals surface area (Å²) in [6, 6.07) is -0.763. The maximum absolute atomic E-state index is 15.4. The fraction of sp³-hybridized carbons (Fsp3) is 0.524. The largest absolute Gasteiger partial charge is 0.524 e. The smallest absolute Gasteiger partial charge is 0.482 e. The summed E-state index contributed by atoms with van der Waals surface area (Å²) in [5.74, 6) is -1.50. The Labute approximate surface area is 333 Å². The summed E-state index contributed by atoms with van der Waals surface area (Å²) in [4.78, 5) is 53.7. The number of rotatable bonds is 10. The van der Waals surface area contributed by atoms with Gasteiger partial charge in [0.05, 0.1) is 35.6 Å². The quantitative estimate of drug-likeness (QED) is 0.0926. The summed E-state index contributed by atoms with van der Waals surface area (Å²) in [6.45, 7) is 19.2. The van der Waals surface area contributed by atoms with E-state index in [9.17, 15) is 19.1 Å². The maximum atomic E-state index is 15.4. The molecule has 1 aliphatic carbocycles. The Morgan fingerprint density at radius 2 is 1.75 bits per heavy atom. The average molecular weight is 805 g/mol. The van der Waals surface area contributed by atoms with Crippen LogP contribution in [0.4, 0.5) is 5.95 Å². The standard InChI is InChI=1S/C42H53N4O10P/c1-22(2)13-12-18-40(10)19-17-28-33(53-40)27(15-14-23(3)4)34-29(35(28)55-57(49,50)51)31-30-32(46-21-43-38(44-31)45-46)25(6)36(47)41(20-16-24(5)37(48)52-11)42(30,54-34)26(7)39(8,9)56-41/h13-14,16-17,19,21,25-26,32H,12,15,18,20H2,1-11H3,(H,44,45)(H2,49,50,51)/b24-16-. The minimum Gasteiger partial charge on any atom is -0.482 e. The van der Waals surface area contributed by atoms with Crippen LogP contribution < -0.4 is 19.3 Å². The number of carbonyl (C=O) groups is 2. The highest BCUT2D eigenvalue weighted by molar-refractivity contribution is 7.46. The van der Waals surface area contributed by atoms with Crippen molar-refractivity contribution < 1.29 is 47.4 Å². The minimum atomic E-state index is -5.22. The van der Waals surface area contributed by atoms with Crippen molar-refractivity contribution in [3.8, 4) is 17.2 Å². The second-order valence-corrected chi connectivity index (χ2v) is 18.3. The van der Waals surface area contributed by atoms with Crippen molar-refractivity contribution in [2.45, 2.75) is 123 Å². The molecular formula is C42H53N4O10P. The zero-order valence-corrected chi connectivity index (χ0v) is 35.4. The molecule has 57 heavy (non-hydrogen) atoms. The summed E-state index contributed by atoms with van der Waals surface area (Å²) in [7, 11) is -3.93. The van der Waals surface area contributed by atoms with Gasteiger partial charge in [-0.3, -0.25) is 14.6 Å². The first-order chi connectivity index (χ1) is 26.6. The number of methoxy groups -OCH3 is 1. The van der Waals surface area contributed by atoms with E-state index in [0.717, 1.165) is 12.0 Å². The van der Waals surface area contributed by atoms with E-state index in [1.54, 1.807) is 37.0 Å². The molecule has 2 bridgehead atoms. The molecule has 2 aromatic rings. The summed E-state index contributed by atoms with van der Waals surface area (Å²) in [5, 5.41) is 8.14. The lowest BCUT2D eigenvalue weighted by Crippen LogP contribution is -2.70. The average Bonchev–Trinajstić information content (AvgIpc) is 3.58. The Hall–Kier alpha value is -4.49. The maximum Gasteiger partial charge on any atom is 0.524 e. The molecule has 1 saturated heterocycles. The summed E-state index contributed by atoms with van der Waals surface area (Å²) >= 11 is 0. The van der Waals surface area contributed by atoms with Crippen LogP contribution in [0.3, 0.4) is 0 Å². The van der Waals surface area contributed by atoms with Crippen LogP contribution in [0, 0.1) is 11.8 Å². The van der Waals surface area contributed by atoms with Crippen molar-refractivity contribution in [2.24, 2.45) is 11.8 Å². The second-order valence-electron chi connectivity index (χ2n) is 17.1. The van der Waals surface area contributed by atoms with Crippen LogP contribution in [0.5, 0.6) is 17.2 Å². The number of ketones is 1. The molecule has 5 heterocycles. The Morgan fingerprint density at radius 1 is 1.05 bits per heavy atom. The van der Waals surface area contributed by atoms with Crippen LogP contribution in [-0.2, 0) is 30.0 Å². The molecule has 6 unspecified atom stereocenters. The molecule has 1 aromatic carbocycles. The van der Waals surface area contributed by atoms with E-state index in [-0.39, 0.29) is 35.2 Å². The molecule has 1 aromatic heterocycles. The number of hydrogen-bond acceptors (Lipinski definition) is 11. The van der Waals surface area contributed by atoms with Crippen molar-refractivity contribution in [2.75, 3.05) is 12.4 Å². The zero-order chi connectivity index (χ0) is 41.6. The number of benzene rings is 1. The van der Waals surface area contributed by atoms with E-state index in [2.05, 4.69) is 16.4 Å².